The van der Waals surface area contributed by atoms with Crippen LogP contribution in [0.25, 0.3) is 0 Å². The summed E-state index contributed by atoms with van der Waals surface area (Å²) < 4.78 is 2.03. The van der Waals surface area contributed by atoms with Crippen LogP contribution in [-0.4, -0.2) is 44.9 Å². The molecule has 1 saturated heterocycles. The zero-order valence-corrected chi connectivity index (χ0v) is 12.1. The third kappa shape index (κ3) is 3.45. The quantitative estimate of drug-likeness (QED) is 0.591. The van der Waals surface area contributed by atoms with Gasteiger partial charge in [0.25, 0.3) is 0 Å². The van der Waals surface area contributed by atoms with Crippen molar-refractivity contribution >= 4 is 11.8 Å². The zero-order chi connectivity index (χ0) is 14.5. The molecule has 110 valence electrons. The number of aromatic nitrogens is 2. The molecule has 1 aliphatic rings. The molecule has 1 aromatic heterocycles. The second kappa shape index (κ2) is 6.65. The van der Waals surface area contributed by atoms with Gasteiger partial charge in [-0.1, -0.05) is 0 Å². The molecule has 1 unspecified atom stereocenters. The molecule has 20 heavy (non-hydrogen) atoms. The minimum atomic E-state index is -0.335. The molecule has 1 N–H and O–H groups in total. The number of carbonyl (C=O) groups excluding carboxylic acids is 2. The van der Waals surface area contributed by atoms with Crippen LogP contribution in [0.15, 0.2) is 18.7 Å². The van der Waals surface area contributed by atoms with Gasteiger partial charge in [-0.25, -0.2) is 4.98 Å². The van der Waals surface area contributed by atoms with Crippen LogP contribution in [0.5, 0.6) is 0 Å². The average Bonchev–Trinajstić information content (AvgIpc) is 2.98. The number of amides is 2. The molecule has 0 aromatic carbocycles. The van der Waals surface area contributed by atoms with E-state index >= 15 is 0 Å². The summed E-state index contributed by atoms with van der Waals surface area (Å²) in [5, 5.41) is 3.19. The first-order valence-electron chi connectivity index (χ1n) is 7.14. The van der Waals surface area contributed by atoms with Gasteiger partial charge in [0.2, 0.25) is 11.8 Å². The number of carbonyl (C=O) groups is 2. The number of imide groups is 1. The number of unbranched alkanes of at least 4 members (excludes halogenated alkanes) is 1. The molecule has 0 bridgehead atoms. The van der Waals surface area contributed by atoms with Crippen LogP contribution >= 0.6 is 0 Å². The highest BCUT2D eigenvalue weighted by atomic mass is 16.2. The summed E-state index contributed by atoms with van der Waals surface area (Å²) in [6.45, 7) is 5.41. The monoisotopic (exact) mass is 278 g/mol. The lowest BCUT2D eigenvalue weighted by Gasteiger charge is -2.19. The number of hydrogen-bond acceptors (Lipinski definition) is 4. The minimum absolute atomic E-state index is 0.0527. The first-order valence-corrected chi connectivity index (χ1v) is 7.14. The van der Waals surface area contributed by atoms with Crippen molar-refractivity contribution in [3.05, 3.63) is 18.7 Å². The fourth-order valence-electron chi connectivity index (χ4n) is 2.47. The van der Waals surface area contributed by atoms with Gasteiger partial charge in [0.05, 0.1) is 18.8 Å². The number of aryl methyl sites for hydroxylation is 1. The van der Waals surface area contributed by atoms with Crippen molar-refractivity contribution in [2.45, 2.75) is 51.7 Å². The predicted molar refractivity (Wildman–Crippen MR) is 74.9 cm³/mol. The number of nitrogens with zero attached hydrogens (tertiary/aromatic N) is 3. The van der Waals surface area contributed by atoms with E-state index < -0.39 is 0 Å². The van der Waals surface area contributed by atoms with E-state index in [4.69, 9.17) is 0 Å². The lowest BCUT2D eigenvalue weighted by atomic mass is 10.2. The Hall–Kier alpha value is -1.69. The maximum atomic E-state index is 12.0. The Labute approximate surface area is 119 Å². The van der Waals surface area contributed by atoms with Crippen molar-refractivity contribution in [2.24, 2.45) is 0 Å². The van der Waals surface area contributed by atoms with Crippen LogP contribution in [-0.2, 0) is 16.1 Å². The van der Waals surface area contributed by atoms with Crippen LogP contribution in [0.4, 0.5) is 0 Å². The van der Waals surface area contributed by atoms with Gasteiger partial charge in [-0.15, -0.1) is 0 Å². The van der Waals surface area contributed by atoms with Gasteiger partial charge in [0.15, 0.2) is 0 Å². The molecule has 0 radical (unpaired) electrons. The summed E-state index contributed by atoms with van der Waals surface area (Å²) in [5.74, 6) is -0.152. The van der Waals surface area contributed by atoms with Gasteiger partial charge in [-0.3, -0.25) is 14.5 Å². The highest BCUT2D eigenvalue weighted by molar-refractivity contribution is 6.05. The Kier molecular flexibility index (Phi) is 4.89. The lowest BCUT2D eigenvalue weighted by Crippen LogP contribution is -2.42. The van der Waals surface area contributed by atoms with E-state index in [0.717, 1.165) is 25.9 Å². The second-order valence-electron chi connectivity index (χ2n) is 5.41. The van der Waals surface area contributed by atoms with Crippen LogP contribution in [0, 0.1) is 0 Å². The predicted octanol–water partition coefficient (Wildman–Crippen LogP) is 0.789. The number of rotatable bonds is 7. The van der Waals surface area contributed by atoms with Gasteiger partial charge in [-0.2, -0.15) is 0 Å². The van der Waals surface area contributed by atoms with Crippen molar-refractivity contribution < 1.29 is 9.59 Å². The third-order valence-electron chi connectivity index (χ3n) is 3.49. The highest BCUT2D eigenvalue weighted by Crippen LogP contribution is 2.16. The Balaban J connectivity index is 1.67. The molecule has 2 heterocycles. The molecule has 2 rings (SSSR count). The largest absolute Gasteiger partial charge is 0.337 e. The molecule has 0 spiro atoms. The molecular formula is C14H22N4O2. The number of imidazole rings is 1. The third-order valence-corrected chi connectivity index (χ3v) is 3.49. The minimum Gasteiger partial charge on any atom is -0.337 e. The maximum absolute atomic E-state index is 12.0. The lowest BCUT2D eigenvalue weighted by molar-refractivity contribution is -0.140. The van der Waals surface area contributed by atoms with Crippen molar-refractivity contribution in [3.8, 4) is 0 Å². The van der Waals surface area contributed by atoms with Crippen molar-refractivity contribution in [3.63, 3.8) is 0 Å². The fourth-order valence-corrected chi connectivity index (χ4v) is 2.47. The summed E-state index contributed by atoms with van der Waals surface area (Å²) in [7, 11) is 0. The first kappa shape index (κ1) is 14.7. The van der Waals surface area contributed by atoms with E-state index in [-0.39, 0.29) is 23.9 Å². The van der Waals surface area contributed by atoms with Crippen LogP contribution in [0.2, 0.25) is 0 Å². The Bertz CT molecular complexity index is 456. The molecule has 1 fully saturated rings. The van der Waals surface area contributed by atoms with E-state index in [2.05, 4.69) is 10.3 Å². The van der Waals surface area contributed by atoms with Gasteiger partial charge >= 0.3 is 0 Å². The molecule has 1 aliphatic heterocycles. The fraction of sp³-hybridized carbons (Fsp3) is 0.643. The van der Waals surface area contributed by atoms with E-state index in [0.29, 0.717) is 6.42 Å². The summed E-state index contributed by atoms with van der Waals surface area (Å²) in [6.07, 6.45) is 7.78. The normalized spacial score (nSPS) is 19.4. The van der Waals surface area contributed by atoms with Crippen molar-refractivity contribution in [1.29, 1.82) is 0 Å². The summed E-state index contributed by atoms with van der Waals surface area (Å²) in [6, 6.07) is -0.388. The van der Waals surface area contributed by atoms with Gasteiger partial charge in [-0.05, 0) is 33.2 Å². The summed E-state index contributed by atoms with van der Waals surface area (Å²) in [5.41, 5.74) is 0. The van der Waals surface area contributed by atoms with E-state index in [1.807, 2.05) is 24.6 Å². The van der Waals surface area contributed by atoms with Crippen LogP contribution in [0.3, 0.4) is 0 Å². The van der Waals surface area contributed by atoms with Crippen molar-refractivity contribution in [1.82, 2.24) is 19.8 Å². The first-order chi connectivity index (χ1) is 9.59. The molecule has 1 atom stereocenters. The molecule has 1 aromatic rings. The molecule has 0 saturated carbocycles. The van der Waals surface area contributed by atoms with E-state index in [1.54, 1.807) is 12.5 Å². The summed E-state index contributed by atoms with van der Waals surface area (Å²) in [4.78, 5) is 29.1. The average molecular weight is 278 g/mol. The molecule has 6 nitrogen and oxygen atoms in total. The van der Waals surface area contributed by atoms with Gasteiger partial charge < -0.3 is 9.88 Å². The second-order valence-corrected chi connectivity index (χ2v) is 5.41. The van der Waals surface area contributed by atoms with Gasteiger partial charge in [0.1, 0.15) is 0 Å². The van der Waals surface area contributed by atoms with E-state index in [1.165, 1.54) is 4.90 Å². The van der Waals surface area contributed by atoms with Gasteiger partial charge in [0, 0.05) is 25.0 Å². The zero-order valence-electron chi connectivity index (χ0n) is 12.1. The SMILES string of the molecule is CC(C)N1C(=O)CC(NCCCCn2ccnc2)C1=O. The standard InChI is InChI=1S/C14H22N4O2/c1-11(2)18-13(19)9-12(14(18)20)16-5-3-4-7-17-8-6-15-10-17/h6,8,10-12,16H,3-5,7,9H2,1-2H3. The van der Waals surface area contributed by atoms with Crippen molar-refractivity contribution in [2.75, 3.05) is 6.54 Å². The number of likely N-dealkylation sites (tertiary alicyclic amines) is 1. The Morgan fingerprint density at radius 2 is 2.20 bits per heavy atom. The van der Waals surface area contributed by atoms with Crippen LogP contribution < -0.4 is 5.32 Å². The summed E-state index contributed by atoms with van der Waals surface area (Å²) >= 11 is 0. The molecule has 6 heteroatoms. The number of nitrogens with one attached hydrogen (secondary N) is 1. The topological polar surface area (TPSA) is 67.2 Å². The Morgan fingerprint density at radius 3 is 2.80 bits per heavy atom. The highest BCUT2D eigenvalue weighted by Gasteiger charge is 2.39. The smallest absolute Gasteiger partial charge is 0.247 e. The molecule has 2 amide bonds. The van der Waals surface area contributed by atoms with Crippen LogP contribution in [0.1, 0.15) is 33.1 Å². The van der Waals surface area contributed by atoms with E-state index in [9.17, 15) is 9.59 Å². The molecular weight excluding hydrogens is 256 g/mol. The number of hydrogen-bond donors (Lipinski definition) is 1. The maximum Gasteiger partial charge on any atom is 0.247 e. The molecule has 0 aliphatic carbocycles. The Morgan fingerprint density at radius 1 is 1.40 bits per heavy atom.